The number of ether oxygens (including phenoxy) is 2. The Kier molecular flexibility index (Phi) is 6.30. The van der Waals surface area contributed by atoms with Gasteiger partial charge in [0.05, 0.1) is 18.7 Å². The molecule has 132 valence electrons. The minimum absolute atomic E-state index is 0.141. The summed E-state index contributed by atoms with van der Waals surface area (Å²) < 4.78 is 23.4. The highest BCUT2D eigenvalue weighted by atomic mass is 32.1. The summed E-state index contributed by atoms with van der Waals surface area (Å²) >= 11 is 1.15. The molecule has 1 heterocycles. The predicted octanol–water partition coefficient (Wildman–Crippen LogP) is 4.03. The highest BCUT2D eigenvalue weighted by molar-refractivity contribution is 7.18. The quantitative estimate of drug-likeness (QED) is 0.622. The zero-order valence-electron chi connectivity index (χ0n) is 14.1. The van der Waals surface area contributed by atoms with E-state index in [1.807, 2.05) is 0 Å². The number of esters is 1. The molecule has 1 aromatic carbocycles. The van der Waals surface area contributed by atoms with Crippen molar-refractivity contribution in [1.29, 1.82) is 0 Å². The van der Waals surface area contributed by atoms with Crippen LogP contribution in [0, 0.1) is 12.7 Å². The molecule has 7 heteroatoms. The molecule has 25 heavy (non-hydrogen) atoms. The van der Waals surface area contributed by atoms with Crippen LogP contribution in [0.1, 0.15) is 27.7 Å². The third-order valence-electron chi connectivity index (χ3n) is 3.23. The van der Waals surface area contributed by atoms with Crippen LogP contribution in [0.2, 0.25) is 0 Å². The van der Waals surface area contributed by atoms with Crippen LogP contribution in [0.15, 0.2) is 30.3 Å². The first-order chi connectivity index (χ1) is 11.9. The molecule has 0 saturated heterocycles. The summed E-state index contributed by atoms with van der Waals surface area (Å²) in [6, 6.07) is 6.10. The molecule has 0 aliphatic carbocycles. The molecular weight excluding hydrogens is 345 g/mol. The lowest BCUT2D eigenvalue weighted by molar-refractivity contribution is -0.111. The molecule has 0 bridgehead atoms. The first-order valence-corrected chi connectivity index (χ1v) is 8.36. The van der Waals surface area contributed by atoms with E-state index in [1.54, 1.807) is 26.0 Å². The molecule has 0 atom stereocenters. The minimum Gasteiger partial charge on any atom is -0.494 e. The van der Waals surface area contributed by atoms with Crippen LogP contribution in [0.25, 0.3) is 6.08 Å². The van der Waals surface area contributed by atoms with Crippen molar-refractivity contribution in [3.05, 3.63) is 52.2 Å². The van der Waals surface area contributed by atoms with Crippen molar-refractivity contribution in [2.75, 3.05) is 19.0 Å². The lowest BCUT2D eigenvalue weighted by atomic mass is 10.2. The first-order valence-electron chi connectivity index (χ1n) is 7.54. The highest BCUT2D eigenvalue weighted by Gasteiger charge is 2.15. The van der Waals surface area contributed by atoms with Gasteiger partial charge in [-0.2, -0.15) is 0 Å². The summed E-state index contributed by atoms with van der Waals surface area (Å²) in [5.41, 5.74) is 1.27. The molecule has 2 rings (SSSR count). The molecule has 0 spiro atoms. The van der Waals surface area contributed by atoms with E-state index in [1.165, 1.54) is 31.4 Å². The van der Waals surface area contributed by atoms with Crippen LogP contribution in [0.4, 0.5) is 9.39 Å². The fourth-order valence-electron chi connectivity index (χ4n) is 2.06. The molecular formula is C18H18FNO4S. The van der Waals surface area contributed by atoms with Gasteiger partial charge in [-0.05, 0) is 49.2 Å². The van der Waals surface area contributed by atoms with Crippen LogP contribution < -0.4 is 10.1 Å². The number of aryl methyl sites for hydroxylation is 1. The van der Waals surface area contributed by atoms with Gasteiger partial charge in [-0.3, -0.25) is 4.79 Å². The Hall–Kier alpha value is -2.67. The van der Waals surface area contributed by atoms with Crippen LogP contribution in [0.3, 0.4) is 0 Å². The Morgan fingerprint density at radius 2 is 2.08 bits per heavy atom. The van der Waals surface area contributed by atoms with E-state index in [9.17, 15) is 14.0 Å². The van der Waals surface area contributed by atoms with E-state index in [-0.39, 0.29) is 11.7 Å². The van der Waals surface area contributed by atoms with Gasteiger partial charge in [-0.25, -0.2) is 9.18 Å². The van der Waals surface area contributed by atoms with Crippen molar-refractivity contribution in [1.82, 2.24) is 0 Å². The fourth-order valence-corrected chi connectivity index (χ4v) is 3.03. The second-order valence-electron chi connectivity index (χ2n) is 5.06. The van der Waals surface area contributed by atoms with E-state index in [0.717, 1.165) is 16.9 Å². The average Bonchev–Trinajstić information content (AvgIpc) is 2.93. The van der Waals surface area contributed by atoms with Crippen molar-refractivity contribution in [2.45, 2.75) is 13.8 Å². The van der Waals surface area contributed by atoms with Gasteiger partial charge in [0.1, 0.15) is 4.88 Å². The van der Waals surface area contributed by atoms with E-state index >= 15 is 0 Å². The molecule has 0 radical (unpaired) electrons. The number of rotatable bonds is 6. The van der Waals surface area contributed by atoms with Crippen LogP contribution in [-0.2, 0) is 9.53 Å². The standard InChI is InChI=1S/C18H18FNO4S/c1-4-24-18(22)17-11(2)9-16(25-17)20-15(21)8-6-12-5-7-14(23-3)13(19)10-12/h5-10H,4H2,1-3H3,(H,20,21)/b8-6+. The van der Waals surface area contributed by atoms with Gasteiger partial charge in [-0.15, -0.1) is 11.3 Å². The predicted molar refractivity (Wildman–Crippen MR) is 95.6 cm³/mol. The number of amides is 1. The number of halogens is 1. The van der Waals surface area contributed by atoms with Gasteiger partial charge in [-0.1, -0.05) is 6.07 Å². The van der Waals surface area contributed by atoms with Crippen molar-refractivity contribution < 1.29 is 23.5 Å². The topological polar surface area (TPSA) is 64.6 Å². The third-order valence-corrected chi connectivity index (χ3v) is 4.36. The smallest absolute Gasteiger partial charge is 0.348 e. The van der Waals surface area contributed by atoms with Crippen molar-refractivity contribution in [3.63, 3.8) is 0 Å². The summed E-state index contributed by atoms with van der Waals surface area (Å²) in [4.78, 5) is 24.2. The fraction of sp³-hybridized carbons (Fsp3) is 0.222. The van der Waals surface area contributed by atoms with Gasteiger partial charge < -0.3 is 14.8 Å². The summed E-state index contributed by atoms with van der Waals surface area (Å²) in [5.74, 6) is -1.15. The zero-order chi connectivity index (χ0) is 18.4. The maximum atomic E-state index is 13.6. The summed E-state index contributed by atoms with van der Waals surface area (Å²) in [6.07, 6.45) is 2.78. The normalized spacial score (nSPS) is 10.7. The highest BCUT2D eigenvalue weighted by Crippen LogP contribution is 2.27. The summed E-state index contributed by atoms with van der Waals surface area (Å²) in [6.45, 7) is 3.80. The van der Waals surface area contributed by atoms with Crippen LogP contribution >= 0.6 is 11.3 Å². The number of benzene rings is 1. The van der Waals surface area contributed by atoms with Crippen molar-refractivity contribution >= 4 is 34.3 Å². The van der Waals surface area contributed by atoms with Gasteiger partial charge in [0.2, 0.25) is 5.91 Å². The Balaban J connectivity index is 2.04. The first kappa shape index (κ1) is 18.7. The lowest BCUT2D eigenvalue weighted by Gasteiger charge is -2.02. The molecule has 0 saturated carbocycles. The molecule has 0 fully saturated rings. The van der Waals surface area contributed by atoms with E-state index in [4.69, 9.17) is 9.47 Å². The SMILES string of the molecule is CCOC(=O)c1sc(NC(=O)/C=C/c2ccc(OC)c(F)c2)cc1C. The monoisotopic (exact) mass is 363 g/mol. The van der Waals surface area contributed by atoms with Crippen LogP contribution in [-0.4, -0.2) is 25.6 Å². The number of thiophene rings is 1. The molecule has 1 N–H and O–H groups in total. The second-order valence-corrected chi connectivity index (χ2v) is 6.11. The Labute approximate surface area is 149 Å². The summed E-state index contributed by atoms with van der Waals surface area (Å²) in [7, 11) is 1.38. The van der Waals surface area contributed by atoms with Gasteiger partial charge in [0, 0.05) is 6.08 Å². The number of hydrogen-bond acceptors (Lipinski definition) is 5. The number of carbonyl (C=O) groups is 2. The summed E-state index contributed by atoms with van der Waals surface area (Å²) in [5, 5.41) is 3.21. The van der Waals surface area contributed by atoms with Crippen molar-refractivity contribution in [2.24, 2.45) is 0 Å². The van der Waals surface area contributed by atoms with Gasteiger partial charge in [0.15, 0.2) is 11.6 Å². The van der Waals surface area contributed by atoms with Crippen LogP contribution in [0.5, 0.6) is 5.75 Å². The molecule has 2 aromatic rings. The third kappa shape index (κ3) is 4.90. The maximum Gasteiger partial charge on any atom is 0.348 e. The second kappa shape index (κ2) is 8.43. The molecule has 0 aliphatic heterocycles. The van der Waals surface area contributed by atoms with Crippen molar-refractivity contribution in [3.8, 4) is 5.75 Å². The maximum absolute atomic E-state index is 13.6. The molecule has 1 amide bonds. The number of carbonyl (C=O) groups excluding carboxylic acids is 2. The molecule has 0 unspecified atom stereocenters. The zero-order valence-corrected chi connectivity index (χ0v) is 14.9. The Bertz CT molecular complexity index is 813. The number of methoxy groups -OCH3 is 1. The number of nitrogens with one attached hydrogen (secondary N) is 1. The van der Waals surface area contributed by atoms with E-state index in [2.05, 4.69) is 5.32 Å². The van der Waals surface area contributed by atoms with E-state index in [0.29, 0.717) is 22.0 Å². The van der Waals surface area contributed by atoms with E-state index < -0.39 is 11.8 Å². The molecule has 1 aromatic heterocycles. The van der Waals surface area contributed by atoms with Gasteiger partial charge >= 0.3 is 5.97 Å². The Morgan fingerprint density at radius 1 is 1.32 bits per heavy atom. The minimum atomic E-state index is -0.502. The molecule has 5 nitrogen and oxygen atoms in total. The van der Waals surface area contributed by atoms with Gasteiger partial charge in [0.25, 0.3) is 0 Å². The lowest BCUT2D eigenvalue weighted by Crippen LogP contribution is -2.06. The Morgan fingerprint density at radius 3 is 2.72 bits per heavy atom. The largest absolute Gasteiger partial charge is 0.494 e. The average molecular weight is 363 g/mol. The molecule has 0 aliphatic rings. The number of anilines is 1. The number of hydrogen-bond donors (Lipinski definition) is 1.